The molecular formula is C33H27BiN2OPt. The van der Waals surface area contributed by atoms with Gasteiger partial charge >= 0.3 is 249 Å². The van der Waals surface area contributed by atoms with Crippen LogP contribution in [-0.4, -0.2) is 31.7 Å². The molecule has 0 N–H and O–H groups in total. The first-order chi connectivity index (χ1) is 17.9. The Bertz CT molecular complexity index is 1630. The van der Waals surface area contributed by atoms with Gasteiger partial charge in [-0.05, 0) is 0 Å². The van der Waals surface area contributed by atoms with E-state index in [1.807, 2.05) is 37.4 Å². The third kappa shape index (κ3) is 5.27. The van der Waals surface area contributed by atoms with Crippen LogP contribution in [0.2, 0.25) is 0 Å². The van der Waals surface area contributed by atoms with Crippen LogP contribution in [0.15, 0.2) is 91.3 Å². The molecule has 0 radical (unpaired) electrons. The second kappa shape index (κ2) is 10.8. The van der Waals surface area contributed by atoms with Gasteiger partial charge in [0.2, 0.25) is 0 Å². The van der Waals surface area contributed by atoms with Gasteiger partial charge in [-0.25, -0.2) is 0 Å². The molecule has 0 saturated carbocycles. The number of pyridine rings is 2. The fourth-order valence-electron chi connectivity index (χ4n) is 4.64. The largest absolute Gasteiger partial charge is 2.00 e. The Hall–Kier alpha value is -2.67. The van der Waals surface area contributed by atoms with Crippen molar-refractivity contribution >= 4 is 31.7 Å². The first-order valence-corrected chi connectivity index (χ1v) is 17.6. The van der Waals surface area contributed by atoms with Gasteiger partial charge in [0.15, 0.2) is 0 Å². The van der Waals surface area contributed by atoms with Crippen LogP contribution in [0.4, 0.5) is 0 Å². The number of fused-ring (bicyclic) bond motifs is 3. The van der Waals surface area contributed by atoms with Crippen molar-refractivity contribution < 1.29 is 25.8 Å². The van der Waals surface area contributed by atoms with Crippen molar-refractivity contribution in [3.8, 4) is 33.9 Å². The predicted octanol–water partition coefficient (Wildman–Crippen LogP) is 5.64. The van der Waals surface area contributed by atoms with Crippen molar-refractivity contribution in [3.63, 3.8) is 0 Å². The number of hydrogen-bond donors (Lipinski definition) is 0. The summed E-state index contributed by atoms with van der Waals surface area (Å²) in [5.74, 6) is 1.22. The molecule has 0 spiro atoms. The number of benzene rings is 3. The molecule has 0 bridgehead atoms. The Kier molecular flexibility index (Phi) is 7.68. The second-order valence-electron chi connectivity index (χ2n) is 10.3. The zero-order valence-electron chi connectivity index (χ0n) is 21.7. The Morgan fingerprint density at radius 1 is 0.763 bits per heavy atom. The quantitative estimate of drug-likeness (QED) is 0.170. The summed E-state index contributed by atoms with van der Waals surface area (Å²) < 4.78 is 10.1. The third-order valence-electron chi connectivity index (χ3n) is 6.59. The van der Waals surface area contributed by atoms with Crippen LogP contribution in [0, 0.1) is 19.1 Å². The second-order valence-corrected chi connectivity index (χ2v) is 18.3. The summed E-state index contributed by atoms with van der Waals surface area (Å²) in [4.78, 5) is 9.27. The monoisotopic (exact) mass is 871 g/mol. The van der Waals surface area contributed by atoms with E-state index in [1.165, 1.54) is 26.6 Å². The summed E-state index contributed by atoms with van der Waals surface area (Å²) >= 11 is -2.63. The molecule has 0 saturated heterocycles. The Morgan fingerprint density at radius 2 is 1.55 bits per heavy atom. The molecular weight excluding hydrogens is 844 g/mol. The zero-order valence-corrected chi connectivity index (χ0v) is 27.5. The van der Waals surface area contributed by atoms with Crippen molar-refractivity contribution in [2.45, 2.75) is 33.1 Å². The van der Waals surface area contributed by atoms with Gasteiger partial charge < -0.3 is 0 Å². The SMILES string of the molecule is Cc1ccnc(Oc2[c-]c(-c3[c-][c]4c(cc3)-c3cccc[c]3[Bi]4[c]3cc(C(C)(C)C)ccn3)ccc2)c1.[Pt+2]. The molecule has 0 unspecified atom stereocenters. The number of rotatable bonds is 4. The topological polar surface area (TPSA) is 35.0 Å². The third-order valence-corrected chi connectivity index (χ3v) is 15.8. The van der Waals surface area contributed by atoms with Gasteiger partial charge in [-0.1, -0.05) is 0 Å². The van der Waals surface area contributed by atoms with Crippen LogP contribution in [0.5, 0.6) is 11.6 Å². The minimum absolute atomic E-state index is 0. The van der Waals surface area contributed by atoms with Gasteiger partial charge in [-0.15, -0.1) is 0 Å². The first kappa shape index (κ1) is 26.9. The van der Waals surface area contributed by atoms with E-state index in [-0.39, 0.29) is 26.5 Å². The van der Waals surface area contributed by atoms with Crippen molar-refractivity contribution in [1.82, 2.24) is 9.97 Å². The maximum Gasteiger partial charge on any atom is 2.00 e. The molecule has 1 aliphatic rings. The molecule has 6 rings (SSSR count). The molecule has 190 valence electrons. The van der Waals surface area contributed by atoms with Gasteiger partial charge in [-0.2, -0.15) is 0 Å². The number of hydrogen-bond acceptors (Lipinski definition) is 3. The normalized spacial score (nSPS) is 12.4. The number of aryl methyl sites for hydroxylation is 1. The van der Waals surface area contributed by atoms with E-state index < -0.39 is 21.8 Å². The van der Waals surface area contributed by atoms with E-state index in [0.717, 1.165) is 16.7 Å². The van der Waals surface area contributed by atoms with Gasteiger partial charge in [0.05, 0.1) is 0 Å². The van der Waals surface area contributed by atoms with Crippen LogP contribution in [0.25, 0.3) is 22.3 Å². The fourth-order valence-corrected chi connectivity index (χ4v) is 14.4. The molecule has 1 aliphatic heterocycles. The minimum atomic E-state index is -2.63. The van der Waals surface area contributed by atoms with Gasteiger partial charge in [0, 0.05) is 0 Å². The van der Waals surface area contributed by atoms with Crippen LogP contribution >= 0.6 is 0 Å². The molecule has 3 aromatic carbocycles. The molecule has 3 heterocycles. The Labute approximate surface area is 247 Å². The van der Waals surface area contributed by atoms with E-state index >= 15 is 0 Å². The van der Waals surface area contributed by atoms with Gasteiger partial charge in [0.25, 0.3) is 0 Å². The van der Waals surface area contributed by atoms with E-state index in [2.05, 4.69) is 92.5 Å². The molecule has 2 aromatic heterocycles. The predicted molar refractivity (Wildman–Crippen MR) is 152 cm³/mol. The molecule has 0 fully saturated rings. The summed E-state index contributed by atoms with van der Waals surface area (Å²) in [6, 6.07) is 34.9. The number of nitrogens with zero attached hydrogens (tertiary/aromatic N) is 2. The van der Waals surface area contributed by atoms with Gasteiger partial charge in [0.1, 0.15) is 0 Å². The van der Waals surface area contributed by atoms with E-state index in [0.29, 0.717) is 11.6 Å². The summed E-state index contributed by atoms with van der Waals surface area (Å²) in [5.41, 5.74) is 7.15. The smallest absolute Gasteiger partial charge is 2.00 e. The average Bonchev–Trinajstić information content (AvgIpc) is 3.22. The van der Waals surface area contributed by atoms with Crippen molar-refractivity contribution in [1.29, 1.82) is 0 Å². The summed E-state index contributed by atoms with van der Waals surface area (Å²) in [6.45, 7) is 8.82. The standard InChI is InChI=1S/C24H15NO.C9H12N.Bi.Pt/c1-18-14-15-25-24(16-18)26-23-9-5-8-22(17-23)21-12-10-20(11-13-21)19-6-3-2-4-7-19;1-9(2,3)8-4-6-10-7-5-8;;/h2-6,8-10,12,14-16H,1H3;4-6H,1-3H3;;/q-2;;;+2. The van der Waals surface area contributed by atoms with E-state index in [9.17, 15) is 0 Å². The Morgan fingerprint density at radius 3 is 2.37 bits per heavy atom. The van der Waals surface area contributed by atoms with Crippen LogP contribution in [0.1, 0.15) is 31.9 Å². The van der Waals surface area contributed by atoms with Crippen molar-refractivity contribution in [2.75, 3.05) is 0 Å². The molecule has 38 heavy (non-hydrogen) atoms. The average molecular weight is 872 g/mol. The first-order valence-electron chi connectivity index (χ1n) is 12.4. The number of aromatic nitrogens is 2. The molecule has 0 amide bonds. The van der Waals surface area contributed by atoms with Crippen LogP contribution in [-0.2, 0) is 26.5 Å². The van der Waals surface area contributed by atoms with Crippen molar-refractivity contribution in [2.24, 2.45) is 0 Å². The summed E-state index contributed by atoms with van der Waals surface area (Å²) in [6.07, 6.45) is 3.75. The number of ether oxygens (including phenoxy) is 1. The molecule has 0 atom stereocenters. The van der Waals surface area contributed by atoms with E-state index in [1.54, 1.807) is 6.20 Å². The van der Waals surface area contributed by atoms with Crippen molar-refractivity contribution in [3.05, 3.63) is 115 Å². The maximum absolute atomic E-state index is 6.02. The maximum atomic E-state index is 6.02. The molecule has 5 aromatic rings. The van der Waals surface area contributed by atoms with Crippen LogP contribution < -0.4 is 14.7 Å². The minimum Gasteiger partial charge on any atom is 2.00 e. The van der Waals surface area contributed by atoms with Gasteiger partial charge in [-0.3, -0.25) is 0 Å². The molecule has 0 aliphatic carbocycles. The van der Waals surface area contributed by atoms with Crippen LogP contribution in [0.3, 0.4) is 0 Å². The molecule has 3 nitrogen and oxygen atoms in total. The Balaban J connectivity index is 0.00000294. The van der Waals surface area contributed by atoms with E-state index in [4.69, 9.17) is 9.72 Å². The molecule has 5 heteroatoms. The fraction of sp³-hybridized carbons (Fsp3) is 0.152. The summed E-state index contributed by atoms with van der Waals surface area (Å²) in [7, 11) is 0. The summed E-state index contributed by atoms with van der Waals surface area (Å²) in [5, 5.41) is 0. The zero-order chi connectivity index (χ0) is 25.6.